The van der Waals surface area contributed by atoms with Crippen molar-refractivity contribution in [2.24, 2.45) is 0 Å². The van der Waals surface area contributed by atoms with Gasteiger partial charge in [0.05, 0.1) is 11.0 Å². The predicted octanol–water partition coefficient (Wildman–Crippen LogP) is 3.04. The van der Waals surface area contributed by atoms with Gasteiger partial charge in [-0.2, -0.15) is 0 Å². The SMILES string of the molecule is O=[N+]([O-])c1cc(OC(F)(F)F)cc2cccnc12. The molecule has 0 spiro atoms. The van der Waals surface area contributed by atoms with Gasteiger partial charge in [0, 0.05) is 11.6 Å². The quantitative estimate of drug-likeness (QED) is 0.613. The van der Waals surface area contributed by atoms with E-state index in [9.17, 15) is 23.3 Å². The number of alkyl halides is 3. The lowest BCUT2D eigenvalue weighted by molar-refractivity contribution is -0.383. The molecular weight excluding hydrogens is 253 g/mol. The first-order valence-electron chi connectivity index (χ1n) is 4.66. The summed E-state index contributed by atoms with van der Waals surface area (Å²) < 4.78 is 39.9. The van der Waals surface area contributed by atoms with Crippen molar-refractivity contribution in [3.8, 4) is 5.75 Å². The number of nitro groups is 1. The summed E-state index contributed by atoms with van der Waals surface area (Å²) in [6, 6.07) is 4.62. The van der Waals surface area contributed by atoms with Crippen LogP contribution in [-0.2, 0) is 0 Å². The number of pyridine rings is 1. The number of ether oxygens (including phenoxy) is 1. The smallest absolute Gasteiger partial charge is 0.406 e. The van der Waals surface area contributed by atoms with Crippen LogP contribution >= 0.6 is 0 Å². The Balaban J connectivity index is 2.61. The molecular formula is C10H5F3N2O3. The highest BCUT2D eigenvalue weighted by atomic mass is 19.4. The summed E-state index contributed by atoms with van der Waals surface area (Å²) in [6.07, 6.45) is -3.58. The van der Waals surface area contributed by atoms with E-state index in [-0.39, 0.29) is 10.9 Å². The molecule has 0 saturated heterocycles. The molecule has 1 aromatic carbocycles. The Hall–Kier alpha value is -2.38. The fraction of sp³-hybridized carbons (Fsp3) is 0.100. The minimum absolute atomic E-state index is 0.0111. The highest BCUT2D eigenvalue weighted by Crippen LogP contribution is 2.32. The molecule has 0 bridgehead atoms. The zero-order valence-electron chi connectivity index (χ0n) is 8.64. The fourth-order valence-electron chi connectivity index (χ4n) is 1.48. The number of aromatic nitrogens is 1. The van der Waals surface area contributed by atoms with E-state index in [4.69, 9.17) is 0 Å². The van der Waals surface area contributed by atoms with Crippen molar-refractivity contribution in [2.45, 2.75) is 6.36 Å². The van der Waals surface area contributed by atoms with E-state index in [0.29, 0.717) is 6.07 Å². The molecule has 2 aromatic rings. The Bertz CT molecular complexity index is 613. The largest absolute Gasteiger partial charge is 0.573 e. The fourth-order valence-corrected chi connectivity index (χ4v) is 1.48. The Morgan fingerprint density at radius 2 is 2.06 bits per heavy atom. The van der Waals surface area contributed by atoms with Gasteiger partial charge in [0.1, 0.15) is 11.3 Å². The number of rotatable bonds is 2. The molecule has 5 nitrogen and oxygen atoms in total. The van der Waals surface area contributed by atoms with Gasteiger partial charge in [0.2, 0.25) is 0 Å². The van der Waals surface area contributed by atoms with Crippen LogP contribution in [0.4, 0.5) is 18.9 Å². The molecule has 94 valence electrons. The highest BCUT2D eigenvalue weighted by molar-refractivity contribution is 5.88. The second-order valence-corrected chi connectivity index (χ2v) is 3.32. The average molecular weight is 258 g/mol. The van der Waals surface area contributed by atoms with Crippen LogP contribution in [0, 0.1) is 10.1 Å². The first-order chi connectivity index (χ1) is 8.37. The van der Waals surface area contributed by atoms with Crippen molar-refractivity contribution in [3.05, 3.63) is 40.6 Å². The zero-order chi connectivity index (χ0) is 13.3. The molecule has 1 heterocycles. The van der Waals surface area contributed by atoms with Crippen LogP contribution in [0.2, 0.25) is 0 Å². The van der Waals surface area contributed by atoms with Crippen molar-refractivity contribution in [1.82, 2.24) is 4.98 Å². The Labute approximate surface area is 98.0 Å². The molecule has 0 aliphatic rings. The molecule has 0 N–H and O–H groups in total. The second-order valence-electron chi connectivity index (χ2n) is 3.32. The van der Waals surface area contributed by atoms with Gasteiger partial charge in [-0.25, -0.2) is 4.98 Å². The lowest BCUT2D eigenvalue weighted by Gasteiger charge is -2.09. The molecule has 0 saturated carbocycles. The standard InChI is InChI=1S/C10H5F3N2O3/c11-10(12,13)18-7-4-6-2-1-3-14-9(6)8(5-7)15(16)17/h1-5H. The zero-order valence-corrected chi connectivity index (χ0v) is 8.64. The van der Waals surface area contributed by atoms with Crippen LogP contribution in [0.15, 0.2) is 30.5 Å². The maximum absolute atomic E-state index is 12.1. The Morgan fingerprint density at radius 1 is 1.33 bits per heavy atom. The Morgan fingerprint density at radius 3 is 2.67 bits per heavy atom. The van der Waals surface area contributed by atoms with Crippen molar-refractivity contribution in [1.29, 1.82) is 0 Å². The van der Waals surface area contributed by atoms with Crippen molar-refractivity contribution in [2.75, 3.05) is 0 Å². The maximum atomic E-state index is 12.1. The molecule has 2 rings (SSSR count). The molecule has 18 heavy (non-hydrogen) atoms. The van der Waals surface area contributed by atoms with Gasteiger partial charge >= 0.3 is 6.36 Å². The third kappa shape index (κ3) is 2.47. The van der Waals surface area contributed by atoms with Crippen LogP contribution < -0.4 is 4.74 Å². The number of nitrogens with zero attached hydrogens (tertiary/aromatic N) is 2. The van der Waals surface area contributed by atoms with Gasteiger partial charge < -0.3 is 4.74 Å². The predicted molar refractivity (Wildman–Crippen MR) is 55.1 cm³/mol. The van der Waals surface area contributed by atoms with E-state index in [1.54, 1.807) is 0 Å². The number of hydrogen-bond donors (Lipinski definition) is 0. The summed E-state index contributed by atoms with van der Waals surface area (Å²) in [5.41, 5.74) is -0.524. The number of halogens is 3. The van der Waals surface area contributed by atoms with E-state index >= 15 is 0 Å². The molecule has 0 fully saturated rings. The van der Waals surface area contributed by atoms with E-state index < -0.39 is 22.7 Å². The summed E-state index contributed by atoms with van der Waals surface area (Å²) in [6.45, 7) is 0. The van der Waals surface area contributed by atoms with Crippen molar-refractivity contribution < 1.29 is 22.8 Å². The monoisotopic (exact) mass is 258 g/mol. The van der Waals surface area contributed by atoms with Gasteiger partial charge in [0.15, 0.2) is 0 Å². The summed E-state index contributed by atoms with van der Waals surface area (Å²) in [5.74, 6) is -0.644. The minimum atomic E-state index is -4.90. The minimum Gasteiger partial charge on any atom is -0.406 e. The van der Waals surface area contributed by atoms with Crippen LogP contribution in [0.25, 0.3) is 10.9 Å². The molecule has 0 radical (unpaired) electrons. The van der Waals surface area contributed by atoms with Gasteiger partial charge in [-0.1, -0.05) is 6.07 Å². The van der Waals surface area contributed by atoms with Gasteiger partial charge in [-0.15, -0.1) is 13.2 Å². The highest BCUT2D eigenvalue weighted by Gasteiger charge is 2.32. The average Bonchev–Trinajstić information content (AvgIpc) is 2.25. The number of non-ortho nitro benzene ring substituents is 1. The van der Waals surface area contributed by atoms with E-state index in [2.05, 4.69) is 9.72 Å². The number of nitro benzene ring substituents is 1. The van der Waals surface area contributed by atoms with E-state index in [1.807, 2.05) is 0 Å². The summed E-state index contributed by atoms with van der Waals surface area (Å²) >= 11 is 0. The van der Waals surface area contributed by atoms with Crippen LogP contribution in [-0.4, -0.2) is 16.3 Å². The van der Waals surface area contributed by atoms with E-state index in [1.165, 1.54) is 18.3 Å². The van der Waals surface area contributed by atoms with Gasteiger partial charge in [-0.3, -0.25) is 10.1 Å². The Kier molecular flexibility index (Phi) is 2.77. The van der Waals surface area contributed by atoms with E-state index in [0.717, 1.165) is 6.07 Å². The second kappa shape index (κ2) is 4.13. The summed E-state index contributed by atoms with van der Waals surface area (Å²) in [5, 5.41) is 11.0. The molecule has 1 aromatic heterocycles. The molecule has 0 amide bonds. The molecule has 8 heteroatoms. The normalized spacial score (nSPS) is 11.5. The van der Waals surface area contributed by atoms with Crippen molar-refractivity contribution in [3.63, 3.8) is 0 Å². The topological polar surface area (TPSA) is 65.3 Å². The number of hydrogen-bond acceptors (Lipinski definition) is 4. The van der Waals surface area contributed by atoms with Crippen molar-refractivity contribution >= 4 is 16.6 Å². The van der Waals surface area contributed by atoms with Gasteiger partial charge in [0.25, 0.3) is 5.69 Å². The van der Waals surface area contributed by atoms with Crippen LogP contribution in [0.3, 0.4) is 0 Å². The first kappa shape index (κ1) is 12.1. The summed E-state index contributed by atoms with van der Waals surface area (Å²) in [4.78, 5) is 13.7. The lowest BCUT2D eigenvalue weighted by atomic mass is 10.2. The van der Waals surface area contributed by atoms with Gasteiger partial charge in [-0.05, 0) is 12.1 Å². The molecule has 0 atom stereocenters. The van der Waals surface area contributed by atoms with Crippen LogP contribution in [0.1, 0.15) is 0 Å². The molecule has 0 aliphatic heterocycles. The third-order valence-corrected chi connectivity index (χ3v) is 2.09. The summed E-state index contributed by atoms with van der Waals surface area (Å²) in [7, 11) is 0. The molecule has 0 unspecified atom stereocenters. The molecule has 0 aliphatic carbocycles. The first-order valence-corrected chi connectivity index (χ1v) is 4.66. The van der Waals surface area contributed by atoms with Crippen LogP contribution in [0.5, 0.6) is 5.75 Å². The number of fused-ring (bicyclic) bond motifs is 1. The third-order valence-electron chi connectivity index (χ3n) is 2.09. The number of benzene rings is 1. The lowest BCUT2D eigenvalue weighted by Crippen LogP contribution is -2.17. The maximum Gasteiger partial charge on any atom is 0.573 e.